The van der Waals surface area contributed by atoms with Crippen LogP contribution < -0.4 is 5.32 Å². The number of nitrogens with one attached hydrogen (secondary N) is 1. The molecule has 0 spiro atoms. The molecule has 2 unspecified atom stereocenters. The number of likely N-dealkylation sites (N-methyl/N-ethyl adjacent to an activating group) is 1. The van der Waals surface area contributed by atoms with Gasteiger partial charge in [0.05, 0.1) is 17.8 Å². The standard InChI is InChI=1S/C11H21N3O/c1-5-6-10(15-4)11(12-2)9-7-8-13-14(9)3/h7-8,10-12H,5-6H2,1-4H3. The molecule has 15 heavy (non-hydrogen) atoms. The Morgan fingerprint density at radius 3 is 2.73 bits per heavy atom. The summed E-state index contributed by atoms with van der Waals surface area (Å²) in [5, 5.41) is 7.48. The van der Waals surface area contributed by atoms with Gasteiger partial charge in [-0.25, -0.2) is 0 Å². The molecule has 1 N–H and O–H groups in total. The second-order valence-corrected chi connectivity index (χ2v) is 3.71. The third-order valence-electron chi connectivity index (χ3n) is 2.74. The first kappa shape index (κ1) is 12.2. The Morgan fingerprint density at radius 1 is 1.60 bits per heavy atom. The molecule has 0 saturated heterocycles. The van der Waals surface area contributed by atoms with E-state index in [0.717, 1.165) is 18.5 Å². The zero-order chi connectivity index (χ0) is 11.3. The van der Waals surface area contributed by atoms with Crippen LogP contribution in [-0.4, -0.2) is 30.0 Å². The van der Waals surface area contributed by atoms with Gasteiger partial charge < -0.3 is 10.1 Å². The Morgan fingerprint density at radius 2 is 2.33 bits per heavy atom. The molecular formula is C11H21N3O. The number of nitrogens with zero attached hydrogens (tertiary/aromatic N) is 2. The van der Waals surface area contributed by atoms with Gasteiger partial charge in [-0.05, 0) is 19.5 Å². The molecular weight excluding hydrogens is 190 g/mol. The number of ether oxygens (including phenoxy) is 1. The van der Waals surface area contributed by atoms with Gasteiger partial charge in [-0.3, -0.25) is 4.68 Å². The van der Waals surface area contributed by atoms with E-state index in [9.17, 15) is 0 Å². The second-order valence-electron chi connectivity index (χ2n) is 3.71. The van der Waals surface area contributed by atoms with E-state index in [1.807, 2.05) is 31.0 Å². The van der Waals surface area contributed by atoms with Crippen LogP contribution in [0.4, 0.5) is 0 Å². The van der Waals surface area contributed by atoms with Gasteiger partial charge in [0.2, 0.25) is 0 Å². The summed E-state index contributed by atoms with van der Waals surface area (Å²) in [7, 11) is 5.68. The largest absolute Gasteiger partial charge is 0.379 e. The first-order chi connectivity index (χ1) is 7.24. The number of methoxy groups -OCH3 is 1. The van der Waals surface area contributed by atoms with Gasteiger partial charge in [-0.2, -0.15) is 5.10 Å². The van der Waals surface area contributed by atoms with E-state index in [4.69, 9.17) is 4.74 Å². The summed E-state index contributed by atoms with van der Waals surface area (Å²) in [5.74, 6) is 0. The van der Waals surface area contributed by atoms with Crippen molar-refractivity contribution in [1.82, 2.24) is 15.1 Å². The van der Waals surface area contributed by atoms with E-state index in [2.05, 4.69) is 17.3 Å². The summed E-state index contributed by atoms with van der Waals surface area (Å²) in [4.78, 5) is 0. The maximum atomic E-state index is 5.52. The lowest BCUT2D eigenvalue weighted by Crippen LogP contribution is -2.32. The Bertz CT molecular complexity index is 285. The number of aromatic nitrogens is 2. The molecule has 0 bridgehead atoms. The molecule has 1 aromatic rings. The van der Waals surface area contributed by atoms with Gasteiger partial charge in [0.25, 0.3) is 0 Å². The molecule has 1 rings (SSSR count). The van der Waals surface area contributed by atoms with Gasteiger partial charge in [0.1, 0.15) is 0 Å². The molecule has 0 saturated carbocycles. The molecule has 2 atom stereocenters. The summed E-state index contributed by atoms with van der Waals surface area (Å²) in [5.41, 5.74) is 1.16. The van der Waals surface area contributed by atoms with Gasteiger partial charge in [0.15, 0.2) is 0 Å². The molecule has 1 aromatic heterocycles. The molecule has 0 aliphatic heterocycles. The minimum absolute atomic E-state index is 0.204. The summed E-state index contributed by atoms with van der Waals surface area (Å²) < 4.78 is 7.41. The number of hydrogen-bond acceptors (Lipinski definition) is 3. The van der Waals surface area contributed by atoms with E-state index >= 15 is 0 Å². The fourth-order valence-electron chi connectivity index (χ4n) is 1.92. The van der Waals surface area contributed by atoms with Gasteiger partial charge >= 0.3 is 0 Å². The molecule has 0 fully saturated rings. The molecule has 1 heterocycles. The minimum Gasteiger partial charge on any atom is -0.379 e. The van der Waals surface area contributed by atoms with Crippen LogP contribution in [-0.2, 0) is 11.8 Å². The Kier molecular flexibility index (Phi) is 4.78. The minimum atomic E-state index is 0.204. The Balaban J connectivity index is 2.82. The Labute approximate surface area is 91.6 Å². The number of aryl methyl sites for hydroxylation is 1. The van der Waals surface area contributed by atoms with E-state index in [1.165, 1.54) is 0 Å². The topological polar surface area (TPSA) is 39.1 Å². The zero-order valence-corrected chi connectivity index (χ0v) is 10.0. The highest BCUT2D eigenvalue weighted by Crippen LogP contribution is 2.21. The Hall–Kier alpha value is -0.870. The van der Waals surface area contributed by atoms with Crippen molar-refractivity contribution in [2.24, 2.45) is 7.05 Å². The van der Waals surface area contributed by atoms with Crippen molar-refractivity contribution in [1.29, 1.82) is 0 Å². The van der Waals surface area contributed by atoms with Crippen LogP contribution >= 0.6 is 0 Å². The molecule has 0 aliphatic rings. The molecule has 4 heteroatoms. The van der Waals surface area contributed by atoms with Gasteiger partial charge in [0, 0.05) is 20.4 Å². The van der Waals surface area contributed by atoms with E-state index < -0.39 is 0 Å². The average Bonchev–Trinajstić information content (AvgIpc) is 2.65. The van der Waals surface area contributed by atoms with Crippen LogP contribution in [0.15, 0.2) is 12.3 Å². The zero-order valence-electron chi connectivity index (χ0n) is 10.0. The maximum absolute atomic E-state index is 5.52. The molecule has 0 amide bonds. The van der Waals surface area contributed by atoms with Crippen molar-refractivity contribution in [3.05, 3.63) is 18.0 Å². The highest BCUT2D eigenvalue weighted by atomic mass is 16.5. The predicted molar refractivity (Wildman–Crippen MR) is 60.7 cm³/mol. The average molecular weight is 211 g/mol. The van der Waals surface area contributed by atoms with Crippen LogP contribution in [0.25, 0.3) is 0 Å². The normalized spacial score (nSPS) is 15.2. The quantitative estimate of drug-likeness (QED) is 0.775. The third kappa shape index (κ3) is 2.79. The van der Waals surface area contributed by atoms with Crippen molar-refractivity contribution in [3.8, 4) is 0 Å². The van der Waals surface area contributed by atoms with Crippen molar-refractivity contribution >= 4 is 0 Å². The number of hydrogen-bond donors (Lipinski definition) is 1. The summed E-state index contributed by atoms with van der Waals surface area (Å²) in [6, 6.07) is 2.24. The highest BCUT2D eigenvalue weighted by molar-refractivity contribution is 5.08. The van der Waals surface area contributed by atoms with Gasteiger partial charge in [-0.1, -0.05) is 13.3 Å². The fourth-order valence-corrected chi connectivity index (χ4v) is 1.92. The molecule has 86 valence electrons. The summed E-state index contributed by atoms with van der Waals surface area (Å²) in [6.45, 7) is 2.17. The lowest BCUT2D eigenvalue weighted by molar-refractivity contribution is 0.0606. The van der Waals surface area contributed by atoms with Crippen LogP contribution in [0.3, 0.4) is 0 Å². The third-order valence-corrected chi connectivity index (χ3v) is 2.74. The van der Waals surface area contributed by atoms with Crippen molar-refractivity contribution in [2.45, 2.75) is 31.9 Å². The van der Waals surface area contributed by atoms with E-state index in [0.29, 0.717) is 0 Å². The van der Waals surface area contributed by atoms with Crippen molar-refractivity contribution < 1.29 is 4.74 Å². The smallest absolute Gasteiger partial charge is 0.0781 e. The second kappa shape index (κ2) is 5.88. The monoisotopic (exact) mass is 211 g/mol. The molecule has 0 aromatic carbocycles. The first-order valence-electron chi connectivity index (χ1n) is 5.42. The van der Waals surface area contributed by atoms with E-state index in [1.54, 1.807) is 7.11 Å². The maximum Gasteiger partial charge on any atom is 0.0781 e. The fraction of sp³-hybridized carbons (Fsp3) is 0.727. The van der Waals surface area contributed by atoms with Crippen LogP contribution in [0.1, 0.15) is 31.5 Å². The van der Waals surface area contributed by atoms with Crippen molar-refractivity contribution in [2.75, 3.05) is 14.2 Å². The van der Waals surface area contributed by atoms with Crippen LogP contribution in [0.2, 0.25) is 0 Å². The van der Waals surface area contributed by atoms with Crippen LogP contribution in [0.5, 0.6) is 0 Å². The lowest BCUT2D eigenvalue weighted by Gasteiger charge is -2.25. The van der Waals surface area contributed by atoms with E-state index in [-0.39, 0.29) is 12.1 Å². The molecule has 4 nitrogen and oxygen atoms in total. The molecule has 0 radical (unpaired) electrons. The van der Waals surface area contributed by atoms with Crippen LogP contribution in [0, 0.1) is 0 Å². The SMILES string of the molecule is CCCC(OC)C(NC)c1ccnn1C. The van der Waals surface area contributed by atoms with Crippen molar-refractivity contribution in [3.63, 3.8) is 0 Å². The lowest BCUT2D eigenvalue weighted by atomic mass is 10.0. The predicted octanol–water partition coefficient (Wildman–Crippen LogP) is 1.50. The summed E-state index contributed by atoms with van der Waals surface area (Å²) >= 11 is 0. The summed E-state index contributed by atoms with van der Waals surface area (Å²) in [6.07, 6.45) is 4.19. The first-order valence-corrected chi connectivity index (χ1v) is 5.42. The highest BCUT2D eigenvalue weighted by Gasteiger charge is 2.22. The van der Waals surface area contributed by atoms with Gasteiger partial charge in [-0.15, -0.1) is 0 Å². The number of rotatable bonds is 6. The molecule has 0 aliphatic carbocycles.